The van der Waals surface area contributed by atoms with E-state index in [1.54, 1.807) is 0 Å². The van der Waals surface area contributed by atoms with Crippen molar-refractivity contribution in [2.75, 3.05) is 13.2 Å². The lowest BCUT2D eigenvalue weighted by Crippen LogP contribution is -2.62. The number of guanidine groups is 1. The summed E-state index contributed by atoms with van der Waals surface area (Å²) < 4.78 is 0. The number of allylic oxidation sites excluding steroid dienone is 1. The second-order valence-electron chi connectivity index (χ2n) is 11.4. The Bertz CT molecular complexity index is 741. The summed E-state index contributed by atoms with van der Waals surface area (Å²) in [6.45, 7) is 7.65. The lowest BCUT2D eigenvalue weighted by Gasteiger charge is -2.63. The number of hydrogen-bond acceptors (Lipinski definition) is 5. The van der Waals surface area contributed by atoms with E-state index in [1.807, 2.05) is 6.92 Å². The summed E-state index contributed by atoms with van der Waals surface area (Å²) in [6.07, 6.45) is 13.6. The molecule has 6 N–H and O–H groups in total. The van der Waals surface area contributed by atoms with E-state index in [-0.39, 0.29) is 22.9 Å². The Kier molecular flexibility index (Phi) is 6.56. The Morgan fingerprint density at radius 3 is 2.59 bits per heavy atom. The van der Waals surface area contributed by atoms with Gasteiger partial charge in [-0.2, -0.15) is 5.17 Å². The number of hydroxylamine groups is 1. The Morgan fingerprint density at radius 1 is 1.09 bits per heavy atom. The molecule has 7 nitrogen and oxygen atoms in total. The molecule has 0 radical (unpaired) electrons. The molecule has 7 heteroatoms. The van der Waals surface area contributed by atoms with Gasteiger partial charge in [-0.15, -0.1) is 5.10 Å². The summed E-state index contributed by atoms with van der Waals surface area (Å²) in [6, 6.07) is 0. The van der Waals surface area contributed by atoms with Crippen LogP contribution in [0.1, 0.15) is 78.6 Å². The Morgan fingerprint density at radius 2 is 1.88 bits per heavy atom. The van der Waals surface area contributed by atoms with Crippen LogP contribution in [-0.2, 0) is 4.84 Å². The minimum Gasteiger partial charge on any atom is -0.393 e. The number of rotatable bonds is 6. The number of aliphatic hydroxyl groups is 2. The summed E-state index contributed by atoms with van der Waals surface area (Å²) in [5.74, 6) is 1.88. The minimum absolute atomic E-state index is 0.0216. The highest BCUT2D eigenvalue weighted by Crippen LogP contribution is 2.69. The SMILES string of the molecule is CCON(C/C=C/[C@H]1CC[C@]2(O)[C@@H]3CC[C@@H]4C[C@@H](O)CC[C@]4(C)[C@H]3CC[C@]12C)N=C(N)N. The van der Waals surface area contributed by atoms with Gasteiger partial charge in [-0.05, 0) is 93.8 Å². The fourth-order valence-corrected chi connectivity index (χ4v) is 8.27. The van der Waals surface area contributed by atoms with Gasteiger partial charge in [0.2, 0.25) is 5.96 Å². The third kappa shape index (κ3) is 3.84. The predicted octanol–water partition coefficient (Wildman–Crippen LogP) is 3.12. The van der Waals surface area contributed by atoms with Crippen LogP contribution in [0.4, 0.5) is 0 Å². The number of nitrogens with two attached hydrogens (primary N) is 2. The predicted molar refractivity (Wildman–Crippen MR) is 126 cm³/mol. The van der Waals surface area contributed by atoms with Crippen LogP contribution in [-0.4, -0.2) is 46.2 Å². The molecule has 4 aliphatic rings. The molecular formula is C25H44N4O3. The second-order valence-corrected chi connectivity index (χ2v) is 11.4. The Hall–Kier alpha value is -1.31. The first-order valence-corrected chi connectivity index (χ1v) is 12.7. The van der Waals surface area contributed by atoms with Crippen LogP contribution < -0.4 is 11.5 Å². The molecule has 4 rings (SSSR count). The molecule has 8 atom stereocenters. The van der Waals surface area contributed by atoms with Crippen molar-refractivity contribution < 1.29 is 15.1 Å². The third-order valence-corrected chi connectivity index (χ3v) is 10.0. The highest BCUT2D eigenvalue weighted by atomic mass is 16.7. The van der Waals surface area contributed by atoms with Gasteiger partial charge in [-0.25, -0.2) is 0 Å². The normalized spacial score (nSPS) is 45.7. The summed E-state index contributed by atoms with van der Waals surface area (Å²) in [5.41, 5.74) is 10.6. The molecule has 0 saturated heterocycles. The van der Waals surface area contributed by atoms with Crippen molar-refractivity contribution in [1.29, 1.82) is 0 Å². The molecule has 0 spiro atoms. The molecule has 0 unspecified atom stereocenters. The molecule has 0 aliphatic heterocycles. The van der Waals surface area contributed by atoms with Gasteiger partial charge in [-0.1, -0.05) is 26.0 Å². The van der Waals surface area contributed by atoms with Crippen LogP contribution in [0.2, 0.25) is 0 Å². The largest absolute Gasteiger partial charge is 0.393 e. The van der Waals surface area contributed by atoms with Crippen molar-refractivity contribution in [2.24, 2.45) is 51.1 Å². The van der Waals surface area contributed by atoms with Crippen LogP contribution in [0.25, 0.3) is 0 Å². The van der Waals surface area contributed by atoms with Gasteiger partial charge in [0.1, 0.15) is 0 Å². The van der Waals surface area contributed by atoms with Crippen LogP contribution in [0.15, 0.2) is 17.3 Å². The van der Waals surface area contributed by atoms with Gasteiger partial charge >= 0.3 is 0 Å². The van der Waals surface area contributed by atoms with Crippen molar-refractivity contribution in [3.8, 4) is 0 Å². The molecule has 4 fully saturated rings. The molecule has 0 aromatic heterocycles. The molecule has 0 bridgehead atoms. The smallest absolute Gasteiger partial charge is 0.211 e. The zero-order valence-electron chi connectivity index (χ0n) is 20.2. The van der Waals surface area contributed by atoms with Gasteiger partial charge < -0.3 is 21.7 Å². The molecule has 182 valence electrons. The maximum atomic E-state index is 12.2. The highest BCUT2D eigenvalue weighted by Gasteiger charge is 2.66. The van der Waals surface area contributed by atoms with Crippen molar-refractivity contribution in [1.82, 2.24) is 5.17 Å². The molecule has 0 aromatic rings. The standard InChI is InChI=1S/C25H44N4O3/c1-4-32-29(28-22(26)27)15-5-6-17-9-14-25(31)21-8-7-18-16-19(30)10-12-23(18,2)20(21)11-13-24(17,25)3/h5-6,17-21,30-31H,4,7-16H2,1-3H3,(H4,26,27,28)/b6-5+/t17-,18+,19-,20-,21+,23-,24+,25-/m0/s1. The second kappa shape index (κ2) is 8.80. The van der Waals surface area contributed by atoms with Gasteiger partial charge in [0.25, 0.3) is 0 Å². The molecule has 4 saturated carbocycles. The van der Waals surface area contributed by atoms with E-state index in [1.165, 1.54) is 11.6 Å². The molecule has 0 aromatic carbocycles. The first kappa shape index (κ1) is 23.8. The molecular weight excluding hydrogens is 404 g/mol. The lowest BCUT2D eigenvalue weighted by molar-refractivity contribution is -0.207. The first-order valence-electron chi connectivity index (χ1n) is 12.7. The van der Waals surface area contributed by atoms with E-state index in [0.717, 1.165) is 51.4 Å². The van der Waals surface area contributed by atoms with E-state index in [4.69, 9.17) is 16.3 Å². The minimum atomic E-state index is -0.603. The first-order chi connectivity index (χ1) is 15.1. The van der Waals surface area contributed by atoms with Crippen molar-refractivity contribution in [2.45, 2.75) is 90.3 Å². The highest BCUT2D eigenvalue weighted by molar-refractivity contribution is 5.75. The average Bonchev–Trinajstić information content (AvgIpc) is 2.99. The van der Waals surface area contributed by atoms with Crippen molar-refractivity contribution in [3.63, 3.8) is 0 Å². The van der Waals surface area contributed by atoms with E-state index in [9.17, 15) is 10.2 Å². The average molecular weight is 449 g/mol. The summed E-state index contributed by atoms with van der Waals surface area (Å²) in [5, 5.41) is 27.9. The number of nitrogens with zero attached hydrogens (tertiary/aromatic N) is 2. The van der Waals surface area contributed by atoms with Gasteiger partial charge in [0, 0.05) is 5.41 Å². The monoisotopic (exact) mass is 448 g/mol. The van der Waals surface area contributed by atoms with Crippen molar-refractivity contribution >= 4 is 5.96 Å². The molecule has 32 heavy (non-hydrogen) atoms. The summed E-state index contributed by atoms with van der Waals surface area (Å²) in [7, 11) is 0. The lowest BCUT2D eigenvalue weighted by atomic mass is 9.43. The zero-order chi connectivity index (χ0) is 23.1. The van der Waals surface area contributed by atoms with Crippen LogP contribution in [0, 0.1) is 34.5 Å². The fourth-order valence-electron chi connectivity index (χ4n) is 8.27. The number of aliphatic hydroxyl groups excluding tert-OH is 1. The van der Waals surface area contributed by atoms with E-state index >= 15 is 0 Å². The summed E-state index contributed by atoms with van der Waals surface area (Å²) >= 11 is 0. The van der Waals surface area contributed by atoms with Gasteiger partial charge in [-0.3, -0.25) is 4.84 Å². The third-order valence-electron chi connectivity index (χ3n) is 10.0. The molecule has 4 aliphatic carbocycles. The topological polar surface area (TPSA) is 117 Å². The fraction of sp³-hybridized carbons (Fsp3) is 0.880. The van der Waals surface area contributed by atoms with Crippen LogP contribution in [0.5, 0.6) is 0 Å². The van der Waals surface area contributed by atoms with Crippen LogP contribution >= 0.6 is 0 Å². The van der Waals surface area contributed by atoms with Crippen molar-refractivity contribution in [3.05, 3.63) is 12.2 Å². The van der Waals surface area contributed by atoms with Gasteiger partial charge in [0.05, 0.1) is 24.9 Å². The molecule has 0 heterocycles. The number of fused-ring (bicyclic) bond motifs is 5. The van der Waals surface area contributed by atoms with E-state index in [2.05, 4.69) is 31.1 Å². The van der Waals surface area contributed by atoms with E-state index < -0.39 is 5.60 Å². The molecule has 0 amide bonds. The number of hydrogen-bond donors (Lipinski definition) is 4. The Labute approximate surface area is 193 Å². The zero-order valence-corrected chi connectivity index (χ0v) is 20.2. The maximum absolute atomic E-state index is 12.2. The number of hydrazone groups is 1. The van der Waals surface area contributed by atoms with Crippen LogP contribution in [0.3, 0.4) is 0 Å². The maximum Gasteiger partial charge on any atom is 0.211 e. The Balaban J connectivity index is 1.49. The van der Waals surface area contributed by atoms with Gasteiger partial charge in [0.15, 0.2) is 0 Å². The quantitative estimate of drug-likeness (QED) is 0.215. The summed E-state index contributed by atoms with van der Waals surface area (Å²) in [4.78, 5) is 5.48. The van der Waals surface area contributed by atoms with E-state index in [0.29, 0.717) is 36.8 Å².